The number of rotatable bonds is 5. The average molecular weight is 365 g/mol. The molecular weight excluding hydrogens is 342 g/mol. The van der Waals surface area contributed by atoms with Crippen LogP contribution in [0.25, 0.3) is 22.2 Å². The number of ketones is 1. The van der Waals surface area contributed by atoms with Gasteiger partial charge in [0.1, 0.15) is 5.82 Å². The zero-order valence-corrected chi connectivity index (χ0v) is 15.7. The summed E-state index contributed by atoms with van der Waals surface area (Å²) in [6.45, 7) is 5.42. The molecule has 1 fully saturated rings. The number of nitrogens with zero attached hydrogens (tertiary/aromatic N) is 5. The molecule has 1 aliphatic heterocycles. The third-order valence-electron chi connectivity index (χ3n) is 5.01. The van der Waals surface area contributed by atoms with Crippen LogP contribution in [0.2, 0.25) is 0 Å². The van der Waals surface area contributed by atoms with Gasteiger partial charge < -0.3 is 9.30 Å². The zero-order valence-electron chi connectivity index (χ0n) is 15.7. The van der Waals surface area contributed by atoms with Crippen LogP contribution in [0.3, 0.4) is 0 Å². The maximum atomic E-state index is 12.4. The summed E-state index contributed by atoms with van der Waals surface area (Å²) in [5, 5.41) is 10.5. The normalized spacial score (nSPS) is 15.3. The van der Waals surface area contributed by atoms with Gasteiger partial charge in [0, 0.05) is 43.0 Å². The first-order valence-corrected chi connectivity index (χ1v) is 9.17. The lowest BCUT2D eigenvalue weighted by Crippen LogP contribution is -2.39. The molecule has 0 saturated carbocycles. The van der Waals surface area contributed by atoms with E-state index in [1.54, 1.807) is 0 Å². The number of pyridine rings is 1. The molecule has 3 aromatic rings. The van der Waals surface area contributed by atoms with E-state index in [-0.39, 0.29) is 5.78 Å². The maximum Gasteiger partial charge on any atom is 0.163 e. The number of carbonyl (C=O) groups excluding carboxylic acids is 1. The van der Waals surface area contributed by atoms with Gasteiger partial charge in [0.15, 0.2) is 11.6 Å². The van der Waals surface area contributed by atoms with Gasteiger partial charge in [-0.2, -0.15) is 0 Å². The Morgan fingerprint density at radius 1 is 1.15 bits per heavy atom. The van der Waals surface area contributed by atoms with Gasteiger partial charge in [0.25, 0.3) is 0 Å². The van der Waals surface area contributed by atoms with Crippen molar-refractivity contribution in [3.63, 3.8) is 0 Å². The second kappa shape index (κ2) is 7.54. The number of benzene rings is 1. The molecule has 2 aromatic heterocycles. The smallest absolute Gasteiger partial charge is 0.163 e. The van der Waals surface area contributed by atoms with Crippen LogP contribution in [-0.2, 0) is 23.0 Å². The molecule has 140 valence electrons. The van der Waals surface area contributed by atoms with E-state index in [1.165, 1.54) is 0 Å². The van der Waals surface area contributed by atoms with Crippen molar-refractivity contribution >= 4 is 16.6 Å². The van der Waals surface area contributed by atoms with Crippen LogP contribution in [0.5, 0.6) is 0 Å². The third kappa shape index (κ3) is 3.89. The van der Waals surface area contributed by atoms with Crippen LogP contribution < -0.4 is 0 Å². The number of hydrogen-bond acceptors (Lipinski definition) is 6. The maximum absolute atomic E-state index is 12.4. The number of Topliss-reactive ketones (excluding diaryl/α,β-unsaturated/α-hetero) is 1. The van der Waals surface area contributed by atoms with Gasteiger partial charge in [0.05, 0.1) is 26.2 Å². The quantitative estimate of drug-likeness (QED) is 0.686. The van der Waals surface area contributed by atoms with Crippen molar-refractivity contribution in [2.75, 3.05) is 32.8 Å². The summed E-state index contributed by atoms with van der Waals surface area (Å²) in [4.78, 5) is 19.0. The number of fused-ring (bicyclic) bond motifs is 1. The van der Waals surface area contributed by atoms with Crippen LogP contribution >= 0.6 is 0 Å². The van der Waals surface area contributed by atoms with E-state index in [0.717, 1.165) is 46.8 Å². The van der Waals surface area contributed by atoms with Crippen LogP contribution in [0.4, 0.5) is 0 Å². The molecule has 7 heteroatoms. The predicted molar refractivity (Wildman–Crippen MR) is 102 cm³/mol. The minimum absolute atomic E-state index is 0.184. The first-order valence-electron chi connectivity index (χ1n) is 9.17. The second-order valence-corrected chi connectivity index (χ2v) is 6.97. The Bertz CT molecular complexity index is 976. The number of carbonyl (C=O) groups is 1. The van der Waals surface area contributed by atoms with Crippen LogP contribution in [0.15, 0.2) is 30.5 Å². The van der Waals surface area contributed by atoms with Crippen LogP contribution in [0, 0.1) is 6.92 Å². The molecule has 0 radical (unpaired) electrons. The van der Waals surface area contributed by atoms with Gasteiger partial charge in [-0.05, 0) is 24.4 Å². The van der Waals surface area contributed by atoms with Gasteiger partial charge in [-0.25, -0.2) is 0 Å². The van der Waals surface area contributed by atoms with Crippen molar-refractivity contribution in [1.82, 2.24) is 24.6 Å². The fraction of sp³-hybridized carbons (Fsp3) is 0.400. The van der Waals surface area contributed by atoms with E-state index < -0.39 is 0 Å². The summed E-state index contributed by atoms with van der Waals surface area (Å²) in [6, 6.07) is 8.13. The minimum Gasteiger partial charge on any atom is -0.379 e. The van der Waals surface area contributed by atoms with Crippen molar-refractivity contribution in [3.8, 4) is 11.4 Å². The highest BCUT2D eigenvalue weighted by molar-refractivity contribution is 5.88. The molecule has 4 rings (SSSR count). The molecule has 0 aliphatic carbocycles. The van der Waals surface area contributed by atoms with Gasteiger partial charge in [-0.1, -0.05) is 12.1 Å². The topological polar surface area (TPSA) is 73.1 Å². The Kier molecular flexibility index (Phi) is 4.96. The summed E-state index contributed by atoms with van der Waals surface area (Å²) in [6.07, 6.45) is 2.18. The van der Waals surface area contributed by atoms with E-state index in [2.05, 4.69) is 26.1 Å². The molecule has 7 nitrogen and oxygen atoms in total. The highest BCUT2D eigenvalue weighted by atomic mass is 16.5. The van der Waals surface area contributed by atoms with Crippen LogP contribution in [-0.4, -0.2) is 63.3 Å². The molecule has 3 heterocycles. The van der Waals surface area contributed by atoms with Crippen molar-refractivity contribution < 1.29 is 9.53 Å². The van der Waals surface area contributed by atoms with E-state index in [1.807, 2.05) is 42.9 Å². The predicted octanol–water partition coefficient (Wildman–Crippen LogP) is 1.78. The van der Waals surface area contributed by atoms with Crippen molar-refractivity contribution in [2.45, 2.75) is 13.3 Å². The monoisotopic (exact) mass is 365 g/mol. The largest absolute Gasteiger partial charge is 0.379 e. The molecule has 1 aliphatic rings. The molecule has 0 unspecified atom stereocenters. The Labute approximate surface area is 158 Å². The summed E-state index contributed by atoms with van der Waals surface area (Å²) in [5.74, 6) is 1.88. The number of morpholine rings is 1. The Hall–Kier alpha value is -2.64. The van der Waals surface area contributed by atoms with Crippen molar-refractivity contribution in [1.29, 1.82) is 0 Å². The lowest BCUT2D eigenvalue weighted by atomic mass is 10.1. The number of ether oxygens (including phenoxy) is 1. The van der Waals surface area contributed by atoms with E-state index in [9.17, 15) is 4.79 Å². The Balaban J connectivity index is 1.53. The fourth-order valence-electron chi connectivity index (χ4n) is 3.35. The molecule has 0 bridgehead atoms. The lowest BCUT2D eigenvalue weighted by Gasteiger charge is -2.25. The molecular formula is C20H23N5O2. The van der Waals surface area contributed by atoms with Gasteiger partial charge in [-0.15, -0.1) is 10.2 Å². The molecule has 0 N–H and O–H groups in total. The van der Waals surface area contributed by atoms with Gasteiger partial charge in [0.2, 0.25) is 0 Å². The van der Waals surface area contributed by atoms with Gasteiger partial charge >= 0.3 is 0 Å². The summed E-state index contributed by atoms with van der Waals surface area (Å²) >= 11 is 0. The zero-order chi connectivity index (χ0) is 18.8. The highest BCUT2D eigenvalue weighted by Crippen LogP contribution is 2.23. The number of aromatic nitrogens is 4. The van der Waals surface area contributed by atoms with Gasteiger partial charge in [-0.3, -0.25) is 14.7 Å². The van der Waals surface area contributed by atoms with Crippen molar-refractivity contribution in [2.24, 2.45) is 7.05 Å². The molecule has 27 heavy (non-hydrogen) atoms. The Morgan fingerprint density at radius 3 is 2.70 bits per heavy atom. The summed E-state index contributed by atoms with van der Waals surface area (Å²) < 4.78 is 7.30. The summed E-state index contributed by atoms with van der Waals surface area (Å²) in [7, 11) is 1.96. The highest BCUT2D eigenvalue weighted by Gasteiger charge is 2.15. The van der Waals surface area contributed by atoms with Crippen molar-refractivity contribution in [3.05, 3.63) is 42.0 Å². The van der Waals surface area contributed by atoms with E-state index >= 15 is 0 Å². The third-order valence-corrected chi connectivity index (χ3v) is 5.01. The van der Waals surface area contributed by atoms with Crippen LogP contribution in [0.1, 0.15) is 11.5 Å². The second-order valence-electron chi connectivity index (χ2n) is 6.97. The number of aryl methyl sites for hydroxylation is 1. The average Bonchev–Trinajstić information content (AvgIpc) is 3.01. The minimum atomic E-state index is 0.184. The standard InChI is InChI=1S/C20H23N5O2/c1-14-22-23-20(24(14)2)15-3-4-16-12-21-18(10-17(16)9-15)11-19(26)13-25-5-7-27-8-6-25/h3-4,9-10,12H,5-8,11,13H2,1-2H3. The van der Waals surface area contributed by atoms with E-state index in [4.69, 9.17) is 4.74 Å². The Morgan fingerprint density at radius 2 is 1.96 bits per heavy atom. The van der Waals surface area contributed by atoms with E-state index in [0.29, 0.717) is 26.2 Å². The molecule has 0 spiro atoms. The lowest BCUT2D eigenvalue weighted by molar-refractivity contribution is -0.120. The SMILES string of the molecule is Cc1nnc(-c2ccc3cnc(CC(=O)CN4CCOCC4)cc3c2)n1C. The molecule has 0 amide bonds. The number of hydrogen-bond donors (Lipinski definition) is 0. The first kappa shape index (κ1) is 17.8. The first-order chi connectivity index (χ1) is 13.1. The molecule has 1 saturated heterocycles. The summed E-state index contributed by atoms with van der Waals surface area (Å²) in [5.41, 5.74) is 1.80. The molecule has 1 aromatic carbocycles. The fourth-order valence-corrected chi connectivity index (χ4v) is 3.35. The molecule has 0 atom stereocenters.